The lowest BCUT2D eigenvalue weighted by Crippen LogP contribution is -2.36. The third kappa shape index (κ3) is 5.38. The van der Waals surface area contributed by atoms with E-state index in [-0.39, 0.29) is 12.3 Å². The fraction of sp³-hybridized carbons (Fsp3) is 0.385. The Hall–Kier alpha value is -1.91. The van der Waals surface area contributed by atoms with Crippen LogP contribution in [0.15, 0.2) is 30.3 Å². The van der Waals surface area contributed by atoms with E-state index in [1.165, 1.54) is 7.05 Å². The molecule has 1 rings (SSSR count). The van der Waals surface area contributed by atoms with Crippen LogP contribution in [0.5, 0.6) is 0 Å². The molecular weight excluding hydrogens is 278 g/mol. The largest absolute Gasteiger partial charge is 0.354 e. The molecule has 0 saturated carbocycles. The van der Waals surface area contributed by atoms with Crippen LogP contribution in [0.2, 0.25) is 0 Å². The van der Waals surface area contributed by atoms with Gasteiger partial charge < -0.3 is 5.32 Å². The van der Waals surface area contributed by atoms with Crippen LogP contribution in [0.1, 0.15) is 5.56 Å². The SMILES string of the molecule is CNS(=O)(=O)CCNC(=O)C(C#N)Cc1ccccc1. The number of rotatable bonds is 7. The fourth-order valence-electron chi connectivity index (χ4n) is 1.58. The van der Waals surface area contributed by atoms with Crippen LogP contribution in [0.25, 0.3) is 0 Å². The molecule has 20 heavy (non-hydrogen) atoms. The first-order valence-corrected chi connectivity index (χ1v) is 7.76. The third-order valence-corrected chi connectivity index (χ3v) is 4.10. The van der Waals surface area contributed by atoms with Crippen LogP contribution in [0, 0.1) is 17.2 Å². The number of amides is 1. The molecule has 108 valence electrons. The Balaban J connectivity index is 2.50. The quantitative estimate of drug-likeness (QED) is 0.741. The minimum atomic E-state index is -3.35. The maximum atomic E-state index is 11.8. The number of carbonyl (C=O) groups is 1. The lowest BCUT2D eigenvalue weighted by molar-refractivity contribution is -0.123. The van der Waals surface area contributed by atoms with Crippen LogP contribution >= 0.6 is 0 Å². The predicted octanol–water partition coefficient (Wildman–Crippen LogP) is 0.0343. The number of benzene rings is 1. The summed E-state index contributed by atoms with van der Waals surface area (Å²) in [6.45, 7) is -0.0189. The van der Waals surface area contributed by atoms with Crippen molar-refractivity contribution in [2.24, 2.45) is 5.92 Å². The average molecular weight is 295 g/mol. The van der Waals surface area contributed by atoms with Crippen molar-refractivity contribution < 1.29 is 13.2 Å². The van der Waals surface area contributed by atoms with Gasteiger partial charge in [0.15, 0.2) is 0 Å². The topological polar surface area (TPSA) is 99.1 Å². The molecule has 0 saturated heterocycles. The zero-order chi connectivity index (χ0) is 15.0. The molecule has 1 amide bonds. The second kappa shape index (κ2) is 7.62. The van der Waals surface area contributed by atoms with Crippen LogP contribution < -0.4 is 10.0 Å². The van der Waals surface area contributed by atoms with Gasteiger partial charge in [-0.05, 0) is 19.0 Å². The molecule has 1 aromatic carbocycles. The first-order valence-electron chi connectivity index (χ1n) is 6.11. The molecule has 6 nitrogen and oxygen atoms in total. The van der Waals surface area contributed by atoms with Gasteiger partial charge in [-0.2, -0.15) is 5.26 Å². The molecule has 0 aliphatic carbocycles. The monoisotopic (exact) mass is 295 g/mol. The molecule has 0 aromatic heterocycles. The molecular formula is C13H17N3O3S. The standard InChI is InChI=1S/C13H17N3O3S/c1-15-20(18,19)8-7-16-13(17)12(10-14)9-11-5-3-2-4-6-11/h2-6,12,15H,7-9H2,1H3,(H,16,17). The number of hydrogen-bond donors (Lipinski definition) is 2. The van der Waals surface area contributed by atoms with Gasteiger partial charge in [-0.1, -0.05) is 30.3 Å². The van der Waals surface area contributed by atoms with E-state index in [1.807, 2.05) is 36.4 Å². The predicted molar refractivity (Wildman–Crippen MR) is 75.1 cm³/mol. The average Bonchev–Trinajstić information content (AvgIpc) is 2.45. The summed E-state index contributed by atoms with van der Waals surface area (Å²) < 4.78 is 24.5. The summed E-state index contributed by atoms with van der Waals surface area (Å²) in [7, 11) is -2.04. The fourth-order valence-corrected chi connectivity index (χ4v) is 2.16. The summed E-state index contributed by atoms with van der Waals surface area (Å²) in [5.41, 5.74) is 0.886. The third-order valence-electron chi connectivity index (χ3n) is 2.74. The van der Waals surface area contributed by atoms with Crippen molar-refractivity contribution in [3.8, 4) is 6.07 Å². The van der Waals surface area contributed by atoms with Crippen molar-refractivity contribution in [2.45, 2.75) is 6.42 Å². The first-order chi connectivity index (χ1) is 9.48. The van der Waals surface area contributed by atoms with Crippen LogP contribution in [-0.4, -0.2) is 33.7 Å². The summed E-state index contributed by atoms with van der Waals surface area (Å²) in [6, 6.07) is 11.1. The molecule has 2 N–H and O–H groups in total. The Kier molecular flexibility index (Phi) is 6.15. The number of hydrogen-bond acceptors (Lipinski definition) is 4. The van der Waals surface area contributed by atoms with Gasteiger partial charge >= 0.3 is 0 Å². The molecule has 0 bridgehead atoms. The zero-order valence-electron chi connectivity index (χ0n) is 11.2. The molecule has 0 spiro atoms. The van der Waals surface area contributed by atoms with Gasteiger partial charge in [0, 0.05) is 6.54 Å². The smallest absolute Gasteiger partial charge is 0.237 e. The number of nitriles is 1. The van der Waals surface area contributed by atoms with Crippen LogP contribution in [0.4, 0.5) is 0 Å². The van der Waals surface area contributed by atoms with Crippen LogP contribution in [0.3, 0.4) is 0 Å². The highest BCUT2D eigenvalue weighted by Crippen LogP contribution is 2.08. The van der Waals surface area contributed by atoms with Crippen molar-refractivity contribution in [1.82, 2.24) is 10.0 Å². The van der Waals surface area contributed by atoms with Gasteiger partial charge in [-0.3, -0.25) is 4.79 Å². The summed E-state index contributed by atoms with van der Waals surface area (Å²) in [6.07, 6.45) is 0.307. The second-order valence-electron chi connectivity index (χ2n) is 4.19. The Morgan fingerprint density at radius 3 is 2.55 bits per heavy atom. The molecule has 0 aliphatic rings. The van der Waals surface area contributed by atoms with Crippen molar-refractivity contribution in [3.05, 3.63) is 35.9 Å². The van der Waals surface area contributed by atoms with Crippen molar-refractivity contribution in [1.29, 1.82) is 5.26 Å². The highest BCUT2D eigenvalue weighted by Gasteiger charge is 2.18. The maximum absolute atomic E-state index is 11.8. The lowest BCUT2D eigenvalue weighted by atomic mass is 10.00. The minimum absolute atomic E-state index is 0.0189. The molecule has 0 radical (unpaired) electrons. The second-order valence-corrected chi connectivity index (χ2v) is 6.23. The molecule has 1 aromatic rings. The van der Waals surface area contributed by atoms with Gasteiger partial charge in [0.25, 0.3) is 0 Å². The van der Waals surface area contributed by atoms with Crippen molar-refractivity contribution in [2.75, 3.05) is 19.3 Å². The van der Waals surface area contributed by atoms with E-state index in [9.17, 15) is 13.2 Å². The number of nitrogens with one attached hydrogen (secondary N) is 2. The number of sulfonamides is 1. The lowest BCUT2D eigenvalue weighted by Gasteiger charge is -2.10. The normalized spacial score (nSPS) is 12.4. The van der Waals surface area contributed by atoms with Gasteiger partial charge in [0.1, 0.15) is 5.92 Å². The van der Waals surface area contributed by atoms with Gasteiger partial charge in [-0.15, -0.1) is 0 Å². The Bertz CT molecular complexity index is 579. The van der Waals surface area contributed by atoms with Crippen molar-refractivity contribution >= 4 is 15.9 Å². The minimum Gasteiger partial charge on any atom is -0.354 e. The summed E-state index contributed by atoms with van der Waals surface area (Å²) in [5, 5.41) is 11.5. The molecule has 7 heteroatoms. The maximum Gasteiger partial charge on any atom is 0.237 e. The number of nitrogens with zero attached hydrogens (tertiary/aromatic N) is 1. The highest BCUT2D eigenvalue weighted by molar-refractivity contribution is 7.89. The first kappa shape index (κ1) is 16.1. The molecule has 1 unspecified atom stereocenters. The summed E-state index contributed by atoms with van der Waals surface area (Å²) in [5.74, 6) is -1.49. The molecule has 0 heterocycles. The van der Waals surface area contributed by atoms with E-state index in [2.05, 4.69) is 10.0 Å². The molecule has 0 aliphatic heterocycles. The van der Waals surface area contributed by atoms with E-state index in [0.29, 0.717) is 6.42 Å². The van der Waals surface area contributed by atoms with E-state index in [4.69, 9.17) is 5.26 Å². The Morgan fingerprint density at radius 2 is 2.00 bits per heavy atom. The zero-order valence-corrected chi connectivity index (χ0v) is 12.0. The summed E-state index contributed by atoms with van der Waals surface area (Å²) >= 11 is 0. The van der Waals surface area contributed by atoms with E-state index >= 15 is 0 Å². The van der Waals surface area contributed by atoms with E-state index < -0.39 is 21.8 Å². The number of carbonyl (C=O) groups excluding carboxylic acids is 1. The summed E-state index contributed by atoms with van der Waals surface area (Å²) in [4.78, 5) is 11.8. The Labute approximate surface area is 118 Å². The van der Waals surface area contributed by atoms with Crippen LogP contribution in [-0.2, 0) is 21.2 Å². The van der Waals surface area contributed by atoms with E-state index in [1.54, 1.807) is 0 Å². The molecule has 0 fully saturated rings. The van der Waals surface area contributed by atoms with Gasteiger partial charge in [0.05, 0.1) is 11.8 Å². The van der Waals surface area contributed by atoms with Gasteiger partial charge in [0.2, 0.25) is 15.9 Å². The van der Waals surface area contributed by atoms with Gasteiger partial charge in [-0.25, -0.2) is 13.1 Å². The molecule has 1 atom stereocenters. The van der Waals surface area contributed by atoms with E-state index in [0.717, 1.165) is 5.56 Å². The highest BCUT2D eigenvalue weighted by atomic mass is 32.2. The van der Waals surface area contributed by atoms with Crippen molar-refractivity contribution in [3.63, 3.8) is 0 Å². The Morgan fingerprint density at radius 1 is 1.35 bits per heavy atom.